The SMILES string of the molecule is Cc1cc(C)cc(B2NN=C(c3ccccc3)CO2)c1. The maximum absolute atomic E-state index is 5.90. The van der Waals surface area contributed by atoms with Gasteiger partial charge in [0.1, 0.15) is 0 Å². The number of hydrogen-bond donors (Lipinski definition) is 1. The molecule has 1 N–H and O–H groups in total. The highest BCUT2D eigenvalue weighted by atomic mass is 16.4. The van der Waals surface area contributed by atoms with Crippen molar-refractivity contribution in [3.8, 4) is 0 Å². The molecule has 0 fully saturated rings. The van der Waals surface area contributed by atoms with E-state index in [4.69, 9.17) is 4.65 Å². The molecule has 100 valence electrons. The van der Waals surface area contributed by atoms with Crippen molar-refractivity contribution in [1.82, 2.24) is 5.34 Å². The minimum atomic E-state index is -0.166. The van der Waals surface area contributed by atoms with Gasteiger partial charge in [-0.15, -0.1) is 0 Å². The molecule has 0 unspecified atom stereocenters. The molecule has 1 aliphatic heterocycles. The van der Waals surface area contributed by atoms with Crippen LogP contribution in [-0.2, 0) is 4.65 Å². The summed E-state index contributed by atoms with van der Waals surface area (Å²) in [5.74, 6) is 0. The van der Waals surface area contributed by atoms with Gasteiger partial charge < -0.3 is 9.99 Å². The highest BCUT2D eigenvalue weighted by molar-refractivity contribution is 6.65. The summed E-state index contributed by atoms with van der Waals surface area (Å²) in [5, 5.41) is 7.56. The first kappa shape index (κ1) is 12.9. The summed E-state index contributed by atoms with van der Waals surface area (Å²) in [4.78, 5) is 0. The van der Waals surface area contributed by atoms with E-state index in [-0.39, 0.29) is 7.05 Å². The fourth-order valence-corrected chi connectivity index (χ4v) is 2.48. The van der Waals surface area contributed by atoms with Crippen LogP contribution in [0.3, 0.4) is 0 Å². The molecule has 0 spiro atoms. The smallest absolute Gasteiger partial charge is 0.406 e. The third kappa shape index (κ3) is 2.75. The van der Waals surface area contributed by atoms with E-state index < -0.39 is 0 Å². The summed E-state index contributed by atoms with van der Waals surface area (Å²) in [7, 11) is -0.166. The molecule has 20 heavy (non-hydrogen) atoms. The van der Waals surface area contributed by atoms with E-state index in [0.717, 1.165) is 16.7 Å². The van der Waals surface area contributed by atoms with E-state index in [1.807, 2.05) is 30.3 Å². The van der Waals surface area contributed by atoms with Gasteiger partial charge in [-0.1, -0.05) is 59.7 Å². The van der Waals surface area contributed by atoms with Gasteiger partial charge in [-0.25, -0.2) is 0 Å². The van der Waals surface area contributed by atoms with Gasteiger partial charge in [0.05, 0.1) is 12.3 Å². The average Bonchev–Trinajstić information content (AvgIpc) is 2.47. The van der Waals surface area contributed by atoms with Crippen LogP contribution in [0.25, 0.3) is 0 Å². The molecule has 0 bridgehead atoms. The molecular formula is C16H17BN2O. The zero-order chi connectivity index (χ0) is 13.9. The van der Waals surface area contributed by atoms with Crippen LogP contribution in [0.2, 0.25) is 0 Å². The van der Waals surface area contributed by atoms with Gasteiger partial charge in [0, 0.05) is 0 Å². The highest BCUT2D eigenvalue weighted by Gasteiger charge is 2.24. The molecule has 0 amide bonds. The van der Waals surface area contributed by atoms with Crippen LogP contribution in [0, 0.1) is 13.8 Å². The van der Waals surface area contributed by atoms with Gasteiger partial charge in [0.25, 0.3) is 0 Å². The number of benzene rings is 2. The molecule has 1 heterocycles. The Kier molecular flexibility index (Phi) is 3.57. The Morgan fingerprint density at radius 2 is 1.75 bits per heavy atom. The summed E-state index contributed by atoms with van der Waals surface area (Å²) >= 11 is 0. The van der Waals surface area contributed by atoms with Gasteiger partial charge in [-0.3, -0.25) is 0 Å². The number of rotatable bonds is 2. The molecule has 0 saturated carbocycles. The maximum Gasteiger partial charge on any atom is 0.466 e. The lowest BCUT2D eigenvalue weighted by atomic mass is 9.73. The fourth-order valence-electron chi connectivity index (χ4n) is 2.48. The van der Waals surface area contributed by atoms with E-state index >= 15 is 0 Å². The molecule has 2 aromatic rings. The quantitative estimate of drug-likeness (QED) is 0.842. The second-order valence-corrected chi connectivity index (χ2v) is 5.17. The Balaban J connectivity index is 1.79. The van der Waals surface area contributed by atoms with Crippen molar-refractivity contribution in [3.05, 3.63) is 65.2 Å². The van der Waals surface area contributed by atoms with Crippen molar-refractivity contribution in [3.63, 3.8) is 0 Å². The van der Waals surface area contributed by atoms with Crippen molar-refractivity contribution in [2.24, 2.45) is 5.10 Å². The van der Waals surface area contributed by atoms with Gasteiger partial charge in [-0.05, 0) is 24.9 Å². The van der Waals surface area contributed by atoms with Crippen LogP contribution in [0.5, 0.6) is 0 Å². The number of nitrogens with one attached hydrogen (secondary N) is 1. The van der Waals surface area contributed by atoms with Gasteiger partial charge in [-0.2, -0.15) is 5.10 Å². The lowest BCUT2D eigenvalue weighted by Crippen LogP contribution is -2.49. The normalized spacial score (nSPS) is 14.7. The van der Waals surface area contributed by atoms with Crippen molar-refractivity contribution in [1.29, 1.82) is 0 Å². The van der Waals surface area contributed by atoms with Crippen LogP contribution in [-0.4, -0.2) is 19.4 Å². The van der Waals surface area contributed by atoms with Crippen molar-refractivity contribution < 1.29 is 4.65 Å². The summed E-state index contributed by atoms with van der Waals surface area (Å²) in [5.41, 5.74) is 5.63. The minimum absolute atomic E-state index is 0.166. The third-order valence-electron chi connectivity index (χ3n) is 3.36. The highest BCUT2D eigenvalue weighted by Crippen LogP contribution is 2.07. The zero-order valence-electron chi connectivity index (χ0n) is 11.8. The van der Waals surface area contributed by atoms with Crippen molar-refractivity contribution >= 4 is 18.2 Å². The molecule has 2 aromatic carbocycles. The Labute approximate surface area is 119 Å². The van der Waals surface area contributed by atoms with Gasteiger partial charge >= 0.3 is 7.05 Å². The zero-order valence-corrected chi connectivity index (χ0v) is 11.8. The number of hydrazone groups is 1. The molecule has 0 aromatic heterocycles. The van der Waals surface area contributed by atoms with E-state index in [2.05, 4.69) is 42.5 Å². The molecule has 3 rings (SSSR count). The lowest BCUT2D eigenvalue weighted by Gasteiger charge is -2.21. The van der Waals surface area contributed by atoms with Gasteiger partial charge in [0.15, 0.2) is 0 Å². The van der Waals surface area contributed by atoms with Crippen LogP contribution < -0.4 is 10.8 Å². The van der Waals surface area contributed by atoms with Crippen molar-refractivity contribution in [2.45, 2.75) is 13.8 Å². The summed E-state index contributed by atoms with van der Waals surface area (Å²) in [6.45, 7) is 4.71. The number of nitrogens with zero attached hydrogens (tertiary/aromatic N) is 1. The predicted molar refractivity (Wildman–Crippen MR) is 83.4 cm³/mol. The third-order valence-corrected chi connectivity index (χ3v) is 3.36. The maximum atomic E-state index is 5.90. The second kappa shape index (κ2) is 5.51. The average molecular weight is 264 g/mol. The summed E-state index contributed by atoms with van der Waals surface area (Å²) in [6.07, 6.45) is 0. The summed E-state index contributed by atoms with van der Waals surface area (Å²) in [6, 6.07) is 16.5. The predicted octanol–water partition coefficient (Wildman–Crippen LogP) is 2.02. The molecule has 0 radical (unpaired) electrons. The molecule has 4 heteroatoms. The Hall–Kier alpha value is -2.07. The van der Waals surface area contributed by atoms with Crippen LogP contribution in [0.15, 0.2) is 53.6 Å². The Morgan fingerprint density at radius 1 is 1.05 bits per heavy atom. The first-order chi connectivity index (χ1) is 9.72. The molecule has 0 atom stereocenters. The van der Waals surface area contributed by atoms with Crippen LogP contribution in [0.4, 0.5) is 0 Å². The lowest BCUT2D eigenvalue weighted by molar-refractivity contribution is 0.369. The second-order valence-electron chi connectivity index (χ2n) is 5.17. The molecule has 0 aliphatic carbocycles. The van der Waals surface area contributed by atoms with Crippen LogP contribution in [0.1, 0.15) is 16.7 Å². The first-order valence-electron chi connectivity index (χ1n) is 6.80. The summed E-state index contributed by atoms with van der Waals surface area (Å²) < 4.78 is 5.90. The van der Waals surface area contributed by atoms with E-state index in [0.29, 0.717) is 6.61 Å². The first-order valence-corrected chi connectivity index (χ1v) is 6.80. The monoisotopic (exact) mass is 264 g/mol. The van der Waals surface area contributed by atoms with E-state index in [1.165, 1.54) is 11.1 Å². The largest absolute Gasteiger partial charge is 0.466 e. The number of aryl methyl sites for hydroxylation is 2. The van der Waals surface area contributed by atoms with Crippen molar-refractivity contribution in [2.75, 3.05) is 6.61 Å². The number of hydrogen-bond acceptors (Lipinski definition) is 3. The molecular weight excluding hydrogens is 247 g/mol. The molecule has 3 nitrogen and oxygen atoms in total. The van der Waals surface area contributed by atoms with E-state index in [9.17, 15) is 0 Å². The Morgan fingerprint density at radius 3 is 2.35 bits per heavy atom. The molecule has 0 saturated heterocycles. The van der Waals surface area contributed by atoms with Gasteiger partial charge in [0.2, 0.25) is 0 Å². The standard InChI is InChI=1S/C16H17BN2O/c1-12-8-13(2)10-15(9-12)17-19-18-16(11-20-17)14-6-4-3-5-7-14/h3-10,19H,11H2,1-2H3. The minimum Gasteiger partial charge on any atom is -0.406 e. The molecule has 1 aliphatic rings. The van der Waals surface area contributed by atoms with E-state index in [1.54, 1.807) is 0 Å². The topological polar surface area (TPSA) is 33.6 Å². The van der Waals surface area contributed by atoms with Crippen LogP contribution >= 0.6 is 0 Å². The Bertz CT molecular complexity index is 620. The fraction of sp³-hybridized carbons (Fsp3) is 0.188.